The van der Waals surface area contributed by atoms with Gasteiger partial charge in [-0.3, -0.25) is 14.4 Å². The van der Waals surface area contributed by atoms with Gasteiger partial charge in [-0.05, 0) is 19.5 Å². The first kappa shape index (κ1) is 15.6. The first-order chi connectivity index (χ1) is 7.91. The Balaban J connectivity index is 0.000000529. The summed E-state index contributed by atoms with van der Waals surface area (Å²) in [7, 11) is -2.96. The normalized spacial score (nSPS) is 12.7. The Kier molecular flexibility index (Phi) is 7.98. The quantitative estimate of drug-likeness (QED) is 0.678. The van der Waals surface area contributed by atoms with Crippen LogP contribution in [0.5, 0.6) is 0 Å². The molecule has 1 heterocycles. The molecule has 0 saturated carbocycles. The van der Waals surface area contributed by atoms with Crippen LogP contribution in [-0.4, -0.2) is 40.5 Å². The van der Waals surface area contributed by atoms with E-state index in [4.69, 9.17) is 0 Å². The number of carbonyl (C=O) groups is 3. The maximum atomic E-state index is 10.4. The lowest BCUT2D eigenvalue weighted by Gasteiger charge is -2.12. The van der Waals surface area contributed by atoms with Gasteiger partial charge in [0.05, 0.1) is 0 Å². The Morgan fingerprint density at radius 2 is 1.12 bits per heavy atom. The zero-order valence-electron chi connectivity index (χ0n) is 10.1. The lowest BCUT2D eigenvalue weighted by Crippen LogP contribution is -2.32. The fraction of sp³-hybridized carbons (Fsp3) is 0.667. The lowest BCUT2D eigenvalue weighted by molar-refractivity contribution is -0.144. The zero-order valence-corrected chi connectivity index (χ0v) is 11.3. The third-order valence-electron chi connectivity index (χ3n) is 1.49. The monoisotopic (exact) mass is 263 g/mol. The number of hydrogen-bond donors (Lipinski definition) is 1. The summed E-state index contributed by atoms with van der Waals surface area (Å²) in [5.41, 5.74) is 0. The molecule has 1 aliphatic rings. The maximum absolute atomic E-state index is 10.4. The summed E-state index contributed by atoms with van der Waals surface area (Å²) in [6.45, 7) is 5.90. The molecule has 1 N–H and O–H groups in total. The van der Waals surface area contributed by atoms with E-state index in [1.807, 2.05) is 0 Å². The number of nitrogens with one attached hydrogen (secondary N) is 1. The molecule has 0 aromatic rings. The van der Waals surface area contributed by atoms with Gasteiger partial charge in [0.25, 0.3) is 17.9 Å². The third-order valence-corrected chi connectivity index (χ3v) is 3.07. The highest BCUT2D eigenvalue weighted by molar-refractivity contribution is 6.43. The number of carbonyl (C=O) groups excluding carboxylic acids is 3. The van der Waals surface area contributed by atoms with E-state index in [1.54, 1.807) is 0 Å². The van der Waals surface area contributed by atoms with Crippen LogP contribution in [0.3, 0.4) is 0 Å². The van der Waals surface area contributed by atoms with Crippen LogP contribution in [0.25, 0.3) is 0 Å². The highest BCUT2D eigenvalue weighted by atomic mass is 28.3. The summed E-state index contributed by atoms with van der Waals surface area (Å²) in [5.74, 6) is -1.96. The van der Waals surface area contributed by atoms with Gasteiger partial charge < -0.3 is 18.6 Å². The van der Waals surface area contributed by atoms with Crippen molar-refractivity contribution < 1.29 is 27.7 Å². The van der Waals surface area contributed by atoms with Crippen molar-refractivity contribution in [3.05, 3.63) is 0 Å². The van der Waals surface area contributed by atoms with Gasteiger partial charge in [-0.15, -0.1) is 0 Å². The van der Waals surface area contributed by atoms with Gasteiger partial charge in [0, 0.05) is 20.8 Å². The molecule has 17 heavy (non-hydrogen) atoms. The molecule has 1 aliphatic heterocycles. The van der Waals surface area contributed by atoms with E-state index in [1.165, 1.54) is 19.5 Å². The van der Waals surface area contributed by atoms with Crippen molar-refractivity contribution in [1.29, 1.82) is 0 Å². The van der Waals surface area contributed by atoms with Gasteiger partial charge in [-0.1, -0.05) is 0 Å². The predicted molar refractivity (Wildman–Crippen MR) is 59.9 cm³/mol. The predicted octanol–water partition coefficient (Wildman–Crippen LogP) is -0.627. The van der Waals surface area contributed by atoms with Crippen LogP contribution in [0.2, 0.25) is 0 Å². The maximum Gasteiger partial charge on any atom is 0.689 e. The molecule has 0 radical (unpaired) electrons. The summed E-state index contributed by atoms with van der Waals surface area (Å²) in [4.78, 5) is 31.3. The van der Waals surface area contributed by atoms with Crippen molar-refractivity contribution in [2.45, 2.75) is 27.2 Å². The first-order valence-corrected chi connectivity index (χ1v) is 6.55. The van der Waals surface area contributed by atoms with Crippen molar-refractivity contribution in [1.82, 2.24) is 5.32 Å². The van der Waals surface area contributed by atoms with E-state index in [2.05, 4.69) is 18.6 Å². The van der Waals surface area contributed by atoms with Gasteiger partial charge in [-0.25, -0.2) is 0 Å². The van der Waals surface area contributed by atoms with Crippen molar-refractivity contribution in [3.63, 3.8) is 0 Å². The second-order valence-electron chi connectivity index (χ2n) is 3.22. The van der Waals surface area contributed by atoms with Gasteiger partial charge in [0.2, 0.25) is 0 Å². The molecule has 0 bridgehead atoms. The van der Waals surface area contributed by atoms with Crippen LogP contribution in [0, 0.1) is 0 Å². The van der Waals surface area contributed by atoms with E-state index < -0.39 is 27.4 Å². The Morgan fingerprint density at radius 3 is 1.24 bits per heavy atom. The van der Waals surface area contributed by atoms with Gasteiger partial charge in [0.1, 0.15) is 0 Å². The molecule has 1 saturated heterocycles. The fourth-order valence-electron chi connectivity index (χ4n) is 0.655. The summed E-state index contributed by atoms with van der Waals surface area (Å²) < 4.78 is 13.5. The van der Waals surface area contributed by atoms with Gasteiger partial charge >= 0.3 is 9.53 Å². The molecule has 0 aliphatic carbocycles. The molecule has 0 amide bonds. The molecule has 8 heteroatoms. The molecule has 0 aromatic carbocycles. The van der Waals surface area contributed by atoms with E-state index in [0.717, 1.165) is 20.8 Å². The van der Waals surface area contributed by atoms with E-state index in [-0.39, 0.29) is 0 Å². The Morgan fingerprint density at radius 1 is 0.882 bits per heavy atom. The average molecular weight is 263 g/mol. The van der Waals surface area contributed by atoms with E-state index in [0.29, 0.717) is 0 Å². The Labute approximate surface area is 101 Å². The summed E-state index contributed by atoms with van der Waals surface area (Å²) in [6.07, 6.45) is 1.39. The minimum atomic E-state index is -2.96. The van der Waals surface area contributed by atoms with Crippen LogP contribution in [-0.2, 0) is 27.7 Å². The number of rotatable bonds is 3. The molecule has 0 atom stereocenters. The Bertz CT molecular complexity index is 237. The minimum absolute atomic E-state index is 0.654. The topological polar surface area (TPSA) is 90.9 Å². The summed E-state index contributed by atoms with van der Waals surface area (Å²) >= 11 is 0. The molecular weight excluding hydrogens is 246 g/mol. The van der Waals surface area contributed by atoms with Crippen molar-refractivity contribution >= 4 is 27.4 Å². The smallest absolute Gasteiger partial charge is 0.458 e. The molecule has 0 aromatic heterocycles. The van der Waals surface area contributed by atoms with E-state index >= 15 is 0 Å². The first-order valence-electron chi connectivity index (χ1n) is 5.14. The molecule has 0 unspecified atom stereocenters. The SMILES string of the molecule is C1CNC1.CC(=O)O[SiH](OC(C)=O)OC(C)=O. The highest BCUT2D eigenvalue weighted by Gasteiger charge is 2.25. The average Bonchev–Trinajstić information content (AvgIpc) is 1.94. The van der Waals surface area contributed by atoms with Crippen LogP contribution in [0.1, 0.15) is 27.2 Å². The van der Waals surface area contributed by atoms with E-state index in [9.17, 15) is 14.4 Å². The molecule has 98 valence electrons. The van der Waals surface area contributed by atoms with Crippen molar-refractivity contribution in [3.8, 4) is 0 Å². The molecular formula is C9H17NO6Si. The van der Waals surface area contributed by atoms with Crippen LogP contribution >= 0.6 is 0 Å². The largest absolute Gasteiger partial charge is 0.689 e. The standard InChI is InChI=1S/C6H10O6Si.C3H7N/c1-4(7)10-13(11-5(2)8)12-6(3)9;1-2-4-3-1/h13H,1-3H3;4H,1-3H2. The summed E-state index contributed by atoms with van der Waals surface area (Å²) in [6, 6.07) is 0. The van der Waals surface area contributed by atoms with Crippen molar-refractivity contribution in [2.75, 3.05) is 13.1 Å². The molecule has 0 spiro atoms. The van der Waals surface area contributed by atoms with Crippen LogP contribution in [0.4, 0.5) is 0 Å². The van der Waals surface area contributed by atoms with Crippen LogP contribution in [0.15, 0.2) is 0 Å². The zero-order chi connectivity index (χ0) is 13.3. The van der Waals surface area contributed by atoms with Crippen LogP contribution < -0.4 is 5.32 Å². The highest BCUT2D eigenvalue weighted by Crippen LogP contribution is 1.94. The fourth-order valence-corrected chi connectivity index (χ4v) is 1.61. The van der Waals surface area contributed by atoms with Gasteiger partial charge in [0.15, 0.2) is 0 Å². The Hall–Kier alpha value is -1.41. The second-order valence-corrected chi connectivity index (χ2v) is 4.50. The molecule has 7 nitrogen and oxygen atoms in total. The lowest BCUT2D eigenvalue weighted by atomic mass is 10.3. The van der Waals surface area contributed by atoms with Gasteiger partial charge in [-0.2, -0.15) is 0 Å². The second kappa shape index (κ2) is 8.71. The molecule has 1 rings (SSSR count). The molecule has 1 fully saturated rings. The third kappa shape index (κ3) is 10.9. The van der Waals surface area contributed by atoms with Crippen molar-refractivity contribution in [2.24, 2.45) is 0 Å². The number of hydrogen-bond acceptors (Lipinski definition) is 7. The summed E-state index contributed by atoms with van der Waals surface area (Å²) in [5, 5.41) is 3.11. The minimum Gasteiger partial charge on any atom is -0.458 e.